The summed E-state index contributed by atoms with van der Waals surface area (Å²) in [6, 6.07) is 15.7. The van der Waals surface area contributed by atoms with Crippen molar-refractivity contribution in [2.75, 3.05) is 0 Å². The summed E-state index contributed by atoms with van der Waals surface area (Å²) in [5.41, 5.74) is 4.31. The number of aliphatic hydroxyl groups is 1. The fourth-order valence-electron chi connectivity index (χ4n) is 2.34. The lowest BCUT2D eigenvalue weighted by Gasteiger charge is -2.12. The molecule has 106 valence electrons. The number of aromatic nitrogens is 2. The van der Waals surface area contributed by atoms with Crippen molar-refractivity contribution >= 4 is 11.0 Å². The van der Waals surface area contributed by atoms with Crippen LogP contribution in [0.1, 0.15) is 42.7 Å². The molecule has 1 heterocycles. The SMILES string of the molecule is CC(C)c1ccc(C(O)c2cnc3ccccc3n2)cc1. The van der Waals surface area contributed by atoms with Crippen LogP contribution in [-0.2, 0) is 0 Å². The van der Waals surface area contributed by atoms with Crippen molar-refractivity contribution in [3.05, 3.63) is 71.5 Å². The van der Waals surface area contributed by atoms with Gasteiger partial charge in [-0.15, -0.1) is 0 Å². The number of hydrogen-bond donors (Lipinski definition) is 1. The first-order valence-electron chi connectivity index (χ1n) is 7.15. The fraction of sp³-hybridized carbons (Fsp3) is 0.222. The Hall–Kier alpha value is -2.26. The summed E-state index contributed by atoms with van der Waals surface area (Å²) in [6.07, 6.45) is 0.895. The third-order valence-electron chi connectivity index (χ3n) is 3.67. The van der Waals surface area contributed by atoms with Gasteiger partial charge < -0.3 is 5.11 Å². The number of aliphatic hydroxyl groups excluding tert-OH is 1. The minimum absolute atomic E-state index is 0.483. The number of rotatable bonds is 3. The highest BCUT2D eigenvalue weighted by molar-refractivity contribution is 5.73. The van der Waals surface area contributed by atoms with Crippen molar-refractivity contribution < 1.29 is 5.11 Å². The molecule has 3 nitrogen and oxygen atoms in total. The molecular weight excluding hydrogens is 260 g/mol. The normalized spacial score (nSPS) is 12.8. The molecule has 21 heavy (non-hydrogen) atoms. The Labute approximate surface area is 124 Å². The van der Waals surface area contributed by atoms with E-state index in [0.29, 0.717) is 11.6 Å². The first-order chi connectivity index (χ1) is 10.1. The zero-order valence-electron chi connectivity index (χ0n) is 12.2. The monoisotopic (exact) mass is 278 g/mol. The number of nitrogens with zero attached hydrogens (tertiary/aromatic N) is 2. The molecule has 0 amide bonds. The van der Waals surface area contributed by atoms with Crippen LogP contribution in [0.15, 0.2) is 54.7 Å². The van der Waals surface area contributed by atoms with Gasteiger partial charge in [0.2, 0.25) is 0 Å². The summed E-state index contributed by atoms with van der Waals surface area (Å²) < 4.78 is 0. The first kappa shape index (κ1) is 13.7. The van der Waals surface area contributed by atoms with E-state index in [4.69, 9.17) is 0 Å². The van der Waals surface area contributed by atoms with Crippen molar-refractivity contribution in [3.63, 3.8) is 0 Å². The van der Waals surface area contributed by atoms with Crippen LogP contribution in [0.3, 0.4) is 0 Å². The quantitative estimate of drug-likeness (QED) is 0.792. The molecule has 0 aliphatic heterocycles. The van der Waals surface area contributed by atoms with Gasteiger partial charge in [-0.2, -0.15) is 0 Å². The van der Waals surface area contributed by atoms with E-state index in [2.05, 4.69) is 35.9 Å². The number of benzene rings is 2. The summed E-state index contributed by atoms with van der Waals surface area (Å²) >= 11 is 0. The Bertz CT molecular complexity index is 751. The molecule has 0 aliphatic rings. The Balaban J connectivity index is 1.93. The molecule has 0 aliphatic carbocycles. The lowest BCUT2D eigenvalue weighted by Crippen LogP contribution is -2.04. The second-order valence-corrected chi connectivity index (χ2v) is 5.51. The van der Waals surface area contributed by atoms with Crippen LogP contribution in [0.2, 0.25) is 0 Å². The van der Waals surface area contributed by atoms with E-state index in [-0.39, 0.29) is 0 Å². The largest absolute Gasteiger partial charge is 0.382 e. The van der Waals surface area contributed by atoms with Gasteiger partial charge in [0.25, 0.3) is 0 Å². The third-order valence-corrected chi connectivity index (χ3v) is 3.67. The Morgan fingerprint density at radius 3 is 2.14 bits per heavy atom. The molecule has 0 saturated heterocycles. The highest BCUT2D eigenvalue weighted by Crippen LogP contribution is 2.23. The van der Waals surface area contributed by atoms with Gasteiger partial charge >= 0.3 is 0 Å². The molecule has 1 N–H and O–H groups in total. The van der Waals surface area contributed by atoms with Crippen LogP contribution >= 0.6 is 0 Å². The fourth-order valence-corrected chi connectivity index (χ4v) is 2.34. The van der Waals surface area contributed by atoms with E-state index in [9.17, 15) is 5.11 Å². The lowest BCUT2D eigenvalue weighted by molar-refractivity contribution is 0.215. The molecule has 2 aromatic carbocycles. The Kier molecular flexibility index (Phi) is 3.67. The number of para-hydroxylation sites is 2. The lowest BCUT2D eigenvalue weighted by atomic mass is 9.99. The molecule has 0 spiro atoms. The highest BCUT2D eigenvalue weighted by atomic mass is 16.3. The Morgan fingerprint density at radius 1 is 0.857 bits per heavy atom. The summed E-state index contributed by atoms with van der Waals surface area (Å²) in [7, 11) is 0. The molecule has 0 radical (unpaired) electrons. The smallest absolute Gasteiger partial charge is 0.123 e. The van der Waals surface area contributed by atoms with Gasteiger partial charge in [0, 0.05) is 0 Å². The van der Waals surface area contributed by atoms with Crippen molar-refractivity contribution in [1.29, 1.82) is 0 Å². The maximum Gasteiger partial charge on any atom is 0.123 e. The van der Waals surface area contributed by atoms with Crippen LogP contribution in [0.4, 0.5) is 0 Å². The van der Waals surface area contributed by atoms with E-state index in [1.54, 1.807) is 6.20 Å². The first-order valence-corrected chi connectivity index (χ1v) is 7.15. The topological polar surface area (TPSA) is 46.0 Å². The molecule has 3 heteroatoms. The average molecular weight is 278 g/mol. The van der Waals surface area contributed by atoms with E-state index in [0.717, 1.165) is 16.6 Å². The molecule has 3 rings (SSSR count). The average Bonchev–Trinajstić information content (AvgIpc) is 2.54. The molecule has 0 saturated carbocycles. The van der Waals surface area contributed by atoms with Crippen LogP contribution in [0.25, 0.3) is 11.0 Å². The van der Waals surface area contributed by atoms with Gasteiger partial charge in [0.05, 0.1) is 22.9 Å². The van der Waals surface area contributed by atoms with Gasteiger partial charge in [-0.1, -0.05) is 50.2 Å². The molecule has 1 atom stereocenters. The molecular formula is C18H18N2O. The van der Waals surface area contributed by atoms with Gasteiger partial charge in [-0.25, -0.2) is 4.98 Å². The van der Waals surface area contributed by atoms with E-state index < -0.39 is 6.10 Å². The molecule has 3 aromatic rings. The van der Waals surface area contributed by atoms with Crippen LogP contribution in [0, 0.1) is 0 Å². The summed E-state index contributed by atoms with van der Waals surface area (Å²) in [6.45, 7) is 4.31. The van der Waals surface area contributed by atoms with Crippen LogP contribution < -0.4 is 0 Å². The zero-order valence-corrected chi connectivity index (χ0v) is 12.2. The van der Waals surface area contributed by atoms with Crippen molar-refractivity contribution in [3.8, 4) is 0 Å². The minimum atomic E-state index is -0.747. The number of hydrogen-bond acceptors (Lipinski definition) is 3. The van der Waals surface area contributed by atoms with E-state index in [1.807, 2.05) is 36.4 Å². The van der Waals surface area contributed by atoms with Gasteiger partial charge in [-0.3, -0.25) is 4.98 Å². The number of fused-ring (bicyclic) bond motifs is 1. The second-order valence-electron chi connectivity index (χ2n) is 5.51. The molecule has 0 bridgehead atoms. The molecule has 1 unspecified atom stereocenters. The van der Waals surface area contributed by atoms with Crippen LogP contribution in [0.5, 0.6) is 0 Å². The summed E-state index contributed by atoms with van der Waals surface area (Å²) in [5.74, 6) is 0.483. The van der Waals surface area contributed by atoms with E-state index in [1.165, 1.54) is 5.56 Å². The van der Waals surface area contributed by atoms with Gasteiger partial charge in [-0.05, 0) is 29.2 Å². The van der Waals surface area contributed by atoms with Crippen LogP contribution in [-0.4, -0.2) is 15.1 Å². The predicted molar refractivity (Wildman–Crippen MR) is 84.1 cm³/mol. The standard InChI is InChI=1S/C18H18N2O/c1-12(2)13-7-9-14(10-8-13)18(21)17-11-19-15-5-3-4-6-16(15)20-17/h3-12,18,21H,1-2H3. The molecule has 0 fully saturated rings. The van der Waals surface area contributed by atoms with Crippen molar-refractivity contribution in [2.45, 2.75) is 25.9 Å². The Morgan fingerprint density at radius 2 is 1.48 bits per heavy atom. The molecule has 1 aromatic heterocycles. The minimum Gasteiger partial charge on any atom is -0.382 e. The third kappa shape index (κ3) is 2.78. The van der Waals surface area contributed by atoms with Gasteiger partial charge in [0.15, 0.2) is 0 Å². The predicted octanol–water partition coefficient (Wildman–Crippen LogP) is 3.83. The summed E-state index contributed by atoms with van der Waals surface area (Å²) in [5, 5.41) is 10.5. The van der Waals surface area contributed by atoms with Crippen molar-refractivity contribution in [2.24, 2.45) is 0 Å². The zero-order chi connectivity index (χ0) is 14.8. The van der Waals surface area contributed by atoms with Gasteiger partial charge in [0.1, 0.15) is 6.10 Å². The van der Waals surface area contributed by atoms with E-state index >= 15 is 0 Å². The maximum atomic E-state index is 10.5. The summed E-state index contributed by atoms with van der Waals surface area (Å²) in [4.78, 5) is 8.85. The highest BCUT2D eigenvalue weighted by Gasteiger charge is 2.13. The maximum absolute atomic E-state index is 10.5. The second kappa shape index (κ2) is 5.62. The van der Waals surface area contributed by atoms with Crippen molar-refractivity contribution in [1.82, 2.24) is 9.97 Å².